The van der Waals surface area contributed by atoms with Crippen molar-refractivity contribution in [2.45, 2.75) is 19.3 Å². The number of rotatable bonds is 2. The van der Waals surface area contributed by atoms with Gasteiger partial charge in [-0.15, -0.1) is 0 Å². The number of nitrogens with zero attached hydrogens (tertiary/aromatic N) is 2. The molecule has 1 saturated heterocycles. The lowest BCUT2D eigenvalue weighted by Gasteiger charge is -2.14. The van der Waals surface area contributed by atoms with Gasteiger partial charge in [0.15, 0.2) is 5.78 Å². The number of anilines is 1. The largest absolute Gasteiger partial charge is 0.295 e. The summed E-state index contributed by atoms with van der Waals surface area (Å²) in [6.45, 7) is 0.906. The van der Waals surface area contributed by atoms with Crippen LogP contribution in [0.4, 0.5) is 5.69 Å². The van der Waals surface area contributed by atoms with E-state index < -0.39 is 0 Å². The molecule has 0 aromatic heterocycles. The first-order chi connectivity index (χ1) is 7.84. The van der Waals surface area contributed by atoms with E-state index in [1.54, 1.807) is 6.08 Å². The van der Waals surface area contributed by atoms with E-state index in [1.807, 2.05) is 18.2 Å². The van der Waals surface area contributed by atoms with Gasteiger partial charge in [0.25, 0.3) is 0 Å². The van der Waals surface area contributed by atoms with Crippen LogP contribution in [0.3, 0.4) is 0 Å². The normalized spacial score (nSPS) is 19.8. The number of benzene rings is 1. The predicted octanol–water partition coefficient (Wildman–Crippen LogP) is 2.32. The fourth-order valence-corrected chi connectivity index (χ4v) is 2.14. The third-order valence-corrected chi connectivity index (χ3v) is 3.04. The molecular formula is C13H14N2O. The molecule has 0 saturated carbocycles. The first-order valence-electron chi connectivity index (χ1n) is 5.68. The fraction of sp³-hybridized carbons (Fsp3) is 0.308. The van der Waals surface area contributed by atoms with Gasteiger partial charge in [-0.3, -0.25) is 14.8 Å². The number of hydrogen-bond acceptors (Lipinski definition) is 3. The molecule has 0 amide bonds. The van der Waals surface area contributed by atoms with E-state index in [0.717, 1.165) is 19.5 Å². The van der Waals surface area contributed by atoms with E-state index in [2.05, 4.69) is 22.2 Å². The maximum absolute atomic E-state index is 11.3. The van der Waals surface area contributed by atoms with Gasteiger partial charge in [-0.05, 0) is 25.0 Å². The van der Waals surface area contributed by atoms with Crippen molar-refractivity contribution in [2.75, 3.05) is 11.7 Å². The van der Waals surface area contributed by atoms with Crippen LogP contribution in [0.15, 0.2) is 42.1 Å². The summed E-state index contributed by atoms with van der Waals surface area (Å²) in [5.74, 6) is 0.265. The third-order valence-electron chi connectivity index (χ3n) is 3.04. The van der Waals surface area contributed by atoms with Crippen molar-refractivity contribution in [3.8, 4) is 0 Å². The highest BCUT2D eigenvalue weighted by Crippen LogP contribution is 2.33. The minimum atomic E-state index is 0.265. The molecule has 1 aromatic rings. The summed E-state index contributed by atoms with van der Waals surface area (Å²) in [6.07, 6.45) is 4.52. The molecular weight excluding hydrogens is 200 g/mol. The van der Waals surface area contributed by atoms with Crippen LogP contribution in [0.25, 0.3) is 0 Å². The maximum Gasteiger partial charge on any atom is 0.157 e. The van der Waals surface area contributed by atoms with Gasteiger partial charge in [0.05, 0.1) is 5.69 Å². The zero-order valence-electron chi connectivity index (χ0n) is 9.10. The Labute approximate surface area is 94.9 Å². The first-order valence-corrected chi connectivity index (χ1v) is 5.68. The summed E-state index contributed by atoms with van der Waals surface area (Å²) >= 11 is 0. The zero-order chi connectivity index (χ0) is 11.0. The fourth-order valence-electron chi connectivity index (χ4n) is 2.14. The second-order valence-electron chi connectivity index (χ2n) is 4.23. The van der Waals surface area contributed by atoms with Crippen LogP contribution in [0, 0.1) is 0 Å². The van der Waals surface area contributed by atoms with Gasteiger partial charge in [0.2, 0.25) is 0 Å². The molecule has 16 heavy (non-hydrogen) atoms. The minimum absolute atomic E-state index is 0.265. The SMILES string of the molecule is O=C1C=C(N2CN2c2ccccc2)CCC1. The van der Waals surface area contributed by atoms with Gasteiger partial charge in [0, 0.05) is 18.2 Å². The highest BCUT2D eigenvalue weighted by Gasteiger charge is 2.34. The minimum Gasteiger partial charge on any atom is -0.295 e. The van der Waals surface area contributed by atoms with Crippen molar-refractivity contribution in [3.63, 3.8) is 0 Å². The maximum atomic E-state index is 11.3. The molecule has 1 aromatic carbocycles. The summed E-state index contributed by atoms with van der Waals surface area (Å²) in [4.78, 5) is 11.3. The molecule has 0 spiro atoms. The van der Waals surface area contributed by atoms with Crippen molar-refractivity contribution >= 4 is 11.5 Å². The Morgan fingerprint density at radius 3 is 2.56 bits per heavy atom. The van der Waals surface area contributed by atoms with Crippen LogP contribution in [0.5, 0.6) is 0 Å². The van der Waals surface area contributed by atoms with Gasteiger partial charge in [-0.25, -0.2) is 0 Å². The van der Waals surface area contributed by atoms with Crippen molar-refractivity contribution in [1.82, 2.24) is 5.01 Å². The third kappa shape index (κ3) is 1.69. The molecule has 1 fully saturated rings. The van der Waals surface area contributed by atoms with Crippen LogP contribution < -0.4 is 5.01 Å². The molecule has 0 N–H and O–H groups in total. The van der Waals surface area contributed by atoms with Crippen molar-refractivity contribution in [2.24, 2.45) is 0 Å². The Morgan fingerprint density at radius 2 is 1.81 bits per heavy atom. The Kier molecular flexibility index (Phi) is 2.17. The Balaban J connectivity index is 1.75. The van der Waals surface area contributed by atoms with Crippen LogP contribution >= 0.6 is 0 Å². The van der Waals surface area contributed by atoms with Crippen molar-refractivity contribution in [1.29, 1.82) is 0 Å². The summed E-state index contributed by atoms with van der Waals surface area (Å²) in [7, 11) is 0. The van der Waals surface area contributed by atoms with Crippen LogP contribution in [-0.4, -0.2) is 17.5 Å². The topological polar surface area (TPSA) is 23.1 Å². The first kappa shape index (κ1) is 9.46. The Hall–Kier alpha value is -1.77. The standard InChI is InChI=1S/C13H14N2O/c16-13-8-4-7-12(9-13)15-10-14(15)11-5-2-1-3-6-11/h1-3,5-6,9H,4,7-8,10H2. The molecule has 0 radical (unpaired) electrons. The van der Waals surface area contributed by atoms with Crippen molar-refractivity contribution in [3.05, 3.63) is 42.1 Å². The van der Waals surface area contributed by atoms with Crippen LogP contribution in [0.1, 0.15) is 19.3 Å². The number of carbonyl (C=O) groups is 1. The Bertz CT molecular complexity index is 439. The average Bonchev–Trinajstić information content (AvgIpc) is 3.10. The molecule has 1 aliphatic heterocycles. The second kappa shape index (κ2) is 3.67. The van der Waals surface area contributed by atoms with E-state index >= 15 is 0 Å². The molecule has 0 bridgehead atoms. The molecule has 3 rings (SSSR count). The summed E-state index contributed by atoms with van der Waals surface area (Å²) < 4.78 is 0. The van der Waals surface area contributed by atoms with E-state index in [-0.39, 0.29) is 5.78 Å². The predicted molar refractivity (Wildman–Crippen MR) is 62.6 cm³/mol. The number of para-hydroxylation sites is 1. The smallest absolute Gasteiger partial charge is 0.157 e. The number of allylic oxidation sites excluding steroid dienone is 2. The lowest BCUT2D eigenvalue weighted by Crippen LogP contribution is -2.12. The lowest BCUT2D eigenvalue weighted by molar-refractivity contribution is -0.115. The highest BCUT2D eigenvalue weighted by molar-refractivity contribution is 5.91. The molecule has 1 aliphatic carbocycles. The lowest BCUT2D eigenvalue weighted by atomic mass is 10.0. The number of hydrogen-bond donors (Lipinski definition) is 0. The average molecular weight is 214 g/mol. The molecule has 3 nitrogen and oxygen atoms in total. The van der Waals surface area contributed by atoms with Gasteiger partial charge < -0.3 is 0 Å². The van der Waals surface area contributed by atoms with Gasteiger partial charge in [0.1, 0.15) is 6.67 Å². The molecule has 2 aliphatic rings. The van der Waals surface area contributed by atoms with E-state index in [4.69, 9.17) is 0 Å². The van der Waals surface area contributed by atoms with Gasteiger partial charge in [-0.2, -0.15) is 0 Å². The van der Waals surface area contributed by atoms with E-state index in [1.165, 1.54) is 11.4 Å². The molecule has 1 heterocycles. The number of carbonyl (C=O) groups excluding carboxylic acids is 1. The molecule has 82 valence electrons. The van der Waals surface area contributed by atoms with Crippen LogP contribution in [0.2, 0.25) is 0 Å². The van der Waals surface area contributed by atoms with Crippen molar-refractivity contribution < 1.29 is 4.79 Å². The summed E-state index contributed by atoms with van der Waals surface area (Å²) in [5, 5.41) is 4.36. The van der Waals surface area contributed by atoms with Crippen LogP contribution in [-0.2, 0) is 4.79 Å². The monoisotopic (exact) mass is 214 g/mol. The molecule has 3 heteroatoms. The summed E-state index contributed by atoms with van der Waals surface area (Å²) in [6, 6.07) is 10.3. The quantitative estimate of drug-likeness (QED) is 0.706. The second-order valence-corrected chi connectivity index (χ2v) is 4.23. The molecule has 0 unspecified atom stereocenters. The Morgan fingerprint density at radius 1 is 1.00 bits per heavy atom. The van der Waals surface area contributed by atoms with E-state index in [9.17, 15) is 4.79 Å². The summed E-state index contributed by atoms with van der Waals surface area (Å²) in [5.41, 5.74) is 2.36. The number of hydrazine groups is 1. The van der Waals surface area contributed by atoms with E-state index in [0.29, 0.717) is 6.42 Å². The zero-order valence-corrected chi connectivity index (χ0v) is 9.10. The van der Waals surface area contributed by atoms with Gasteiger partial charge >= 0.3 is 0 Å². The highest BCUT2D eigenvalue weighted by atomic mass is 16.1. The van der Waals surface area contributed by atoms with Gasteiger partial charge in [-0.1, -0.05) is 18.2 Å². The molecule has 0 atom stereocenters. The number of ketones is 1.